The largest absolute Gasteiger partial charge is 0.324 e. The number of hydrogen-bond donors (Lipinski definition) is 0. The number of aromatic nitrogens is 2. The Labute approximate surface area is 171 Å². The average Bonchev–Trinajstić information content (AvgIpc) is 3.10. The Morgan fingerprint density at radius 1 is 1.14 bits per heavy atom. The van der Waals surface area contributed by atoms with Gasteiger partial charge in [-0.2, -0.15) is 0 Å². The van der Waals surface area contributed by atoms with Gasteiger partial charge >= 0.3 is 0 Å². The molecular formula is C25H28FN3. The zero-order valence-electron chi connectivity index (χ0n) is 17.3. The second-order valence-corrected chi connectivity index (χ2v) is 8.48. The first-order valence-corrected chi connectivity index (χ1v) is 10.8. The molecule has 0 radical (unpaired) electrons. The maximum Gasteiger partial charge on any atom is 0.125 e. The van der Waals surface area contributed by atoms with Crippen molar-refractivity contribution in [2.24, 2.45) is 0 Å². The van der Waals surface area contributed by atoms with Crippen molar-refractivity contribution in [2.45, 2.75) is 52.1 Å². The highest BCUT2D eigenvalue weighted by Crippen LogP contribution is 2.34. The molecule has 0 saturated heterocycles. The number of hydrogen-bond acceptors (Lipinski definition) is 2. The van der Waals surface area contributed by atoms with Gasteiger partial charge < -0.3 is 4.57 Å². The van der Waals surface area contributed by atoms with Gasteiger partial charge in [-0.25, -0.2) is 9.37 Å². The molecule has 0 spiro atoms. The third kappa shape index (κ3) is 3.40. The second-order valence-electron chi connectivity index (χ2n) is 8.48. The summed E-state index contributed by atoms with van der Waals surface area (Å²) >= 11 is 0. The minimum absolute atomic E-state index is 0.169. The van der Waals surface area contributed by atoms with Crippen LogP contribution in [0.4, 0.5) is 4.39 Å². The minimum Gasteiger partial charge on any atom is -0.324 e. The van der Waals surface area contributed by atoms with Crippen LogP contribution in [0.3, 0.4) is 0 Å². The van der Waals surface area contributed by atoms with Crippen molar-refractivity contribution in [3.8, 4) is 0 Å². The van der Waals surface area contributed by atoms with Crippen LogP contribution in [0.5, 0.6) is 0 Å². The summed E-state index contributed by atoms with van der Waals surface area (Å²) in [5, 5.41) is 0. The van der Waals surface area contributed by atoms with Gasteiger partial charge in [0, 0.05) is 25.2 Å². The van der Waals surface area contributed by atoms with Crippen molar-refractivity contribution in [1.29, 1.82) is 0 Å². The molecule has 1 aromatic heterocycles. The van der Waals surface area contributed by atoms with Crippen LogP contribution in [-0.2, 0) is 19.4 Å². The molecule has 0 bridgehead atoms. The van der Waals surface area contributed by atoms with Crippen LogP contribution in [0.1, 0.15) is 55.2 Å². The van der Waals surface area contributed by atoms with Crippen LogP contribution in [0, 0.1) is 5.82 Å². The van der Waals surface area contributed by atoms with Crippen LogP contribution in [0.25, 0.3) is 16.6 Å². The first-order chi connectivity index (χ1) is 14.1. The maximum atomic E-state index is 14.0. The molecule has 2 aliphatic heterocycles. The molecule has 4 heteroatoms. The highest BCUT2D eigenvalue weighted by molar-refractivity contribution is 5.81. The molecular weight excluding hydrogens is 361 g/mol. The summed E-state index contributed by atoms with van der Waals surface area (Å²) in [6.45, 7) is 7.23. The highest BCUT2D eigenvalue weighted by Gasteiger charge is 2.25. The third-order valence-corrected chi connectivity index (χ3v) is 6.57. The fourth-order valence-corrected chi connectivity index (χ4v) is 4.87. The molecule has 1 unspecified atom stereocenters. The van der Waals surface area contributed by atoms with Gasteiger partial charge in [0.1, 0.15) is 11.6 Å². The van der Waals surface area contributed by atoms with Crippen molar-refractivity contribution in [3.63, 3.8) is 0 Å². The monoisotopic (exact) mass is 389 g/mol. The summed E-state index contributed by atoms with van der Waals surface area (Å²) < 4.78 is 16.3. The first-order valence-electron chi connectivity index (χ1n) is 10.8. The molecule has 0 saturated carbocycles. The molecule has 2 aromatic carbocycles. The van der Waals surface area contributed by atoms with Gasteiger partial charge in [-0.15, -0.1) is 0 Å². The lowest BCUT2D eigenvalue weighted by Gasteiger charge is -2.28. The molecule has 5 rings (SSSR count). The zero-order chi connectivity index (χ0) is 20.0. The Balaban J connectivity index is 1.38. The van der Waals surface area contributed by atoms with E-state index < -0.39 is 0 Å². The molecule has 29 heavy (non-hydrogen) atoms. The molecule has 0 amide bonds. The molecule has 2 aliphatic rings. The van der Waals surface area contributed by atoms with Crippen molar-refractivity contribution in [3.05, 3.63) is 70.8 Å². The highest BCUT2D eigenvalue weighted by atomic mass is 19.1. The van der Waals surface area contributed by atoms with E-state index in [2.05, 4.69) is 53.7 Å². The van der Waals surface area contributed by atoms with E-state index in [0.717, 1.165) is 67.7 Å². The van der Waals surface area contributed by atoms with Crippen LogP contribution in [-0.4, -0.2) is 27.5 Å². The maximum absolute atomic E-state index is 14.0. The van der Waals surface area contributed by atoms with E-state index in [0.29, 0.717) is 6.04 Å². The minimum atomic E-state index is -0.169. The van der Waals surface area contributed by atoms with Gasteiger partial charge in [0.15, 0.2) is 0 Å². The number of nitrogens with zero attached hydrogens (tertiary/aromatic N) is 3. The summed E-state index contributed by atoms with van der Waals surface area (Å²) in [7, 11) is 0. The average molecular weight is 390 g/mol. The van der Waals surface area contributed by atoms with Crippen LogP contribution in [0.15, 0.2) is 42.5 Å². The van der Waals surface area contributed by atoms with Gasteiger partial charge in [0.2, 0.25) is 0 Å². The zero-order valence-corrected chi connectivity index (χ0v) is 17.3. The van der Waals surface area contributed by atoms with E-state index in [9.17, 15) is 4.39 Å². The topological polar surface area (TPSA) is 21.1 Å². The predicted molar refractivity (Wildman–Crippen MR) is 116 cm³/mol. The number of imidazole rings is 1. The van der Waals surface area contributed by atoms with E-state index in [1.54, 1.807) is 12.1 Å². The number of benzene rings is 2. The summed E-state index contributed by atoms with van der Waals surface area (Å²) in [6.07, 6.45) is 6.48. The van der Waals surface area contributed by atoms with Gasteiger partial charge in [-0.05, 0) is 60.9 Å². The van der Waals surface area contributed by atoms with Gasteiger partial charge in [0.05, 0.1) is 17.6 Å². The normalized spacial score (nSPS) is 19.6. The van der Waals surface area contributed by atoms with Gasteiger partial charge in [-0.1, -0.05) is 37.3 Å². The summed E-state index contributed by atoms with van der Waals surface area (Å²) in [5.41, 5.74) is 7.23. The lowest BCUT2D eigenvalue weighted by atomic mass is 9.98. The van der Waals surface area contributed by atoms with E-state index in [1.807, 2.05) is 0 Å². The Bertz CT molecular complexity index is 1080. The lowest BCUT2D eigenvalue weighted by Crippen LogP contribution is -2.30. The van der Waals surface area contributed by atoms with E-state index in [-0.39, 0.29) is 5.82 Å². The van der Waals surface area contributed by atoms with Crippen LogP contribution >= 0.6 is 0 Å². The predicted octanol–water partition coefficient (Wildman–Crippen LogP) is 5.53. The molecule has 150 valence electrons. The van der Waals surface area contributed by atoms with Gasteiger partial charge in [0.25, 0.3) is 0 Å². The molecule has 0 N–H and O–H groups in total. The van der Waals surface area contributed by atoms with Crippen molar-refractivity contribution in [1.82, 2.24) is 14.5 Å². The van der Waals surface area contributed by atoms with Crippen molar-refractivity contribution < 1.29 is 4.39 Å². The van der Waals surface area contributed by atoms with Crippen molar-refractivity contribution in [2.75, 3.05) is 13.1 Å². The second kappa shape index (κ2) is 7.42. The van der Waals surface area contributed by atoms with Crippen LogP contribution < -0.4 is 0 Å². The lowest BCUT2D eigenvalue weighted by molar-refractivity contribution is 0.278. The van der Waals surface area contributed by atoms with Crippen molar-refractivity contribution >= 4 is 16.6 Å². The smallest absolute Gasteiger partial charge is 0.125 e. The van der Waals surface area contributed by atoms with E-state index in [4.69, 9.17) is 4.98 Å². The van der Waals surface area contributed by atoms with E-state index in [1.165, 1.54) is 16.7 Å². The quantitative estimate of drug-likeness (QED) is 0.585. The fourth-order valence-electron chi connectivity index (χ4n) is 4.87. The molecule has 3 heterocycles. The summed E-state index contributed by atoms with van der Waals surface area (Å²) in [4.78, 5) is 7.30. The Kier molecular flexibility index (Phi) is 4.75. The Morgan fingerprint density at radius 2 is 1.97 bits per heavy atom. The first kappa shape index (κ1) is 18.6. The van der Waals surface area contributed by atoms with Crippen LogP contribution in [0.2, 0.25) is 0 Å². The standard InChI is InChI=1S/C25H28FN3/c1-3-18-5-8-19(9-6-18)20-10-12-28(13-11-20)16-24-27-23-15-22(26)14-21-7-4-17(2)29(24)25(21)23/h5-6,8-10,14-15,17H,3-4,7,11-13,16H2,1-2H3. The van der Waals surface area contributed by atoms with E-state index >= 15 is 0 Å². The molecule has 0 fully saturated rings. The molecule has 1 atom stereocenters. The Hall–Kier alpha value is -2.46. The molecule has 3 nitrogen and oxygen atoms in total. The number of rotatable bonds is 4. The SMILES string of the molecule is CCc1ccc(C2=CCN(Cc3nc4cc(F)cc5c4n3C(C)CC5)CC2)cc1. The fraction of sp³-hybridized carbons (Fsp3) is 0.400. The summed E-state index contributed by atoms with van der Waals surface area (Å²) in [6, 6.07) is 12.7. The Morgan fingerprint density at radius 3 is 2.69 bits per heavy atom. The molecule has 0 aliphatic carbocycles. The van der Waals surface area contributed by atoms with Gasteiger partial charge in [-0.3, -0.25) is 4.90 Å². The summed E-state index contributed by atoms with van der Waals surface area (Å²) in [5.74, 6) is 0.904. The molecule has 3 aromatic rings. The number of halogens is 1. The third-order valence-electron chi connectivity index (χ3n) is 6.57. The number of aryl methyl sites for hydroxylation is 2.